The Morgan fingerprint density at radius 3 is 2.81 bits per heavy atom. The first-order valence-corrected chi connectivity index (χ1v) is 4.77. The van der Waals surface area contributed by atoms with Gasteiger partial charge < -0.3 is 14.9 Å². The van der Waals surface area contributed by atoms with Crippen LogP contribution < -0.4 is 4.74 Å². The van der Waals surface area contributed by atoms with E-state index in [-0.39, 0.29) is 30.1 Å². The average Bonchev–Trinajstić information content (AvgIpc) is 2.24. The molecule has 5 heteroatoms. The van der Waals surface area contributed by atoms with Crippen molar-refractivity contribution in [2.45, 2.75) is 12.8 Å². The molecule has 1 aromatic rings. The van der Waals surface area contributed by atoms with Crippen molar-refractivity contribution in [3.05, 3.63) is 23.8 Å². The van der Waals surface area contributed by atoms with E-state index in [1.165, 1.54) is 6.07 Å². The third kappa shape index (κ3) is 3.27. The molecule has 1 rings (SSSR count). The van der Waals surface area contributed by atoms with Gasteiger partial charge in [-0.1, -0.05) is 6.07 Å². The second kappa shape index (κ2) is 5.75. The zero-order valence-electron chi connectivity index (χ0n) is 8.55. The van der Waals surface area contributed by atoms with E-state index in [0.29, 0.717) is 12.7 Å². The third-order valence-electron chi connectivity index (χ3n) is 1.95. The summed E-state index contributed by atoms with van der Waals surface area (Å²) in [5.74, 6) is -0.777. The molecule has 0 unspecified atom stereocenters. The van der Waals surface area contributed by atoms with Gasteiger partial charge in [-0.15, -0.1) is 0 Å². The van der Waals surface area contributed by atoms with E-state index in [9.17, 15) is 14.7 Å². The number of rotatable bonds is 6. The lowest BCUT2D eigenvalue weighted by Crippen LogP contribution is -2.03. The Balaban J connectivity index is 2.56. The molecule has 0 fully saturated rings. The number of ether oxygens (including phenoxy) is 1. The van der Waals surface area contributed by atoms with Crippen molar-refractivity contribution in [2.75, 3.05) is 6.61 Å². The van der Waals surface area contributed by atoms with Crippen LogP contribution in [0.25, 0.3) is 0 Å². The number of carboxylic acids is 1. The Kier molecular flexibility index (Phi) is 4.32. The standard InChI is InChI=1S/C11H12O5/c12-7-8-9(13)3-1-4-10(8)16-6-2-5-11(14)15/h1,3-4,7,13H,2,5-6H2,(H,14,15). The van der Waals surface area contributed by atoms with Gasteiger partial charge in [0.1, 0.15) is 11.5 Å². The van der Waals surface area contributed by atoms with Gasteiger partial charge in [-0.25, -0.2) is 0 Å². The van der Waals surface area contributed by atoms with E-state index in [4.69, 9.17) is 9.84 Å². The van der Waals surface area contributed by atoms with Crippen LogP contribution in [-0.2, 0) is 4.79 Å². The number of carbonyl (C=O) groups excluding carboxylic acids is 1. The highest BCUT2D eigenvalue weighted by Gasteiger charge is 2.07. The Bertz CT molecular complexity index is 386. The molecule has 86 valence electrons. The van der Waals surface area contributed by atoms with Gasteiger partial charge in [0.15, 0.2) is 6.29 Å². The Hall–Kier alpha value is -2.04. The van der Waals surface area contributed by atoms with Gasteiger partial charge in [-0.3, -0.25) is 9.59 Å². The average molecular weight is 224 g/mol. The van der Waals surface area contributed by atoms with Crippen molar-refractivity contribution in [1.29, 1.82) is 0 Å². The summed E-state index contributed by atoms with van der Waals surface area (Å²) < 4.78 is 5.20. The molecular weight excluding hydrogens is 212 g/mol. The number of phenols is 1. The molecule has 0 atom stereocenters. The van der Waals surface area contributed by atoms with Crippen LogP contribution >= 0.6 is 0 Å². The predicted molar refractivity (Wildman–Crippen MR) is 55.9 cm³/mol. The molecule has 0 saturated carbocycles. The highest BCUT2D eigenvalue weighted by atomic mass is 16.5. The van der Waals surface area contributed by atoms with Gasteiger partial charge in [0, 0.05) is 6.42 Å². The van der Waals surface area contributed by atoms with E-state index in [1.54, 1.807) is 12.1 Å². The van der Waals surface area contributed by atoms with E-state index < -0.39 is 5.97 Å². The smallest absolute Gasteiger partial charge is 0.303 e. The molecule has 16 heavy (non-hydrogen) atoms. The molecule has 0 aliphatic rings. The summed E-state index contributed by atoms with van der Waals surface area (Å²) in [4.78, 5) is 20.9. The van der Waals surface area contributed by atoms with E-state index in [1.807, 2.05) is 0 Å². The number of carboxylic acid groups (broad SMARTS) is 1. The van der Waals surface area contributed by atoms with Crippen molar-refractivity contribution in [1.82, 2.24) is 0 Å². The SMILES string of the molecule is O=Cc1c(O)cccc1OCCCC(=O)O. The van der Waals surface area contributed by atoms with Crippen LogP contribution in [0.3, 0.4) is 0 Å². The first kappa shape index (κ1) is 12.0. The van der Waals surface area contributed by atoms with Crippen molar-refractivity contribution in [3.8, 4) is 11.5 Å². The summed E-state index contributed by atoms with van der Waals surface area (Å²) in [6, 6.07) is 4.48. The van der Waals surface area contributed by atoms with Crippen LogP contribution in [0, 0.1) is 0 Å². The molecule has 1 aromatic carbocycles. The fourth-order valence-electron chi connectivity index (χ4n) is 1.18. The number of carbonyl (C=O) groups is 2. The largest absolute Gasteiger partial charge is 0.507 e. The first-order chi connectivity index (χ1) is 7.65. The Morgan fingerprint density at radius 1 is 1.44 bits per heavy atom. The van der Waals surface area contributed by atoms with Crippen LogP contribution in [0.4, 0.5) is 0 Å². The summed E-state index contributed by atoms with van der Waals surface area (Å²) in [6.07, 6.45) is 0.861. The molecule has 0 saturated heterocycles. The van der Waals surface area contributed by atoms with Crippen molar-refractivity contribution in [2.24, 2.45) is 0 Å². The minimum absolute atomic E-state index is 0.00917. The highest BCUT2D eigenvalue weighted by molar-refractivity contribution is 5.83. The molecule has 0 aliphatic carbocycles. The number of phenolic OH excluding ortho intramolecular Hbond substituents is 1. The quantitative estimate of drug-likeness (QED) is 0.564. The number of hydrogen-bond acceptors (Lipinski definition) is 4. The van der Waals surface area contributed by atoms with Crippen molar-refractivity contribution in [3.63, 3.8) is 0 Å². The molecule has 2 N–H and O–H groups in total. The van der Waals surface area contributed by atoms with Crippen molar-refractivity contribution >= 4 is 12.3 Å². The van der Waals surface area contributed by atoms with Gasteiger partial charge in [0.25, 0.3) is 0 Å². The summed E-state index contributed by atoms with van der Waals surface area (Å²) >= 11 is 0. The fraction of sp³-hybridized carbons (Fsp3) is 0.273. The molecule has 0 radical (unpaired) electrons. The molecule has 0 spiro atoms. The van der Waals surface area contributed by atoms with Gasteiger partial charge in [-0.2, -0.15) is 0 Å². The molecule has 5 nitrogen and oxygen atoms in total. The van der Waals surface area contributed by atoms with Gasteiger partial charge in [-0.05, 0) is 18.6 Å². The maximum atomic E-state index is 10.7. The lowest BCUT2D eigenvalue weighted by molar-refractivity contribution is -0.137. The number of benzene rings is 1. The number of aliphatic carboxylic acids is 1. The number of aromatic hydroxyl groups is 1. The lowest BCUT2D eigenvalue weighted by atomic mass is 10.2. The molecule has 0 aromatic heterocycles. The minimum atomic E-state index is -0.893. The fourth-order valence-corrected chi connectivity index (χ4v) is 1.18. The number of hydrogen-bond donors (Lipinski definition) is 2. The van der Waals surface area contributed by atoms with E-state index in [2.05, 4.69) is 0 Å². The third-order valence-corrected chi connectivity index (χ3v) is 1.95. The van der Waals surface area contributed by atoms with E-state index >= 15 is 0 Å². The summed E-state index contributed by atoms with van der Waals surface area (Å²) in [6.45, 7) is 0.191. The van der Waals surface area contributed by atoms with Crippen LogP contribution in [-0.4, -0.2) is 29.1 Å². The summed E-state index contributed by atoms with van der Waals surface area (Å²) in [5, 5.41) is 17.7. The summed E-state index contributed by atoms with van der Waals surface area (Å²) in [7, 11) is 0. The monoisotopic (exact) mass is 224 g/mol. The second-order valence-electron chi connectivity index (χ2n) is 3.15. The molecule has 0 amide bonds. The zero-order valence-corrected chi connectivity index (χ0v) is 8.55. The molecule has 0 heterocycles. The Morgan fingerprint density at radius 2 is 2.19 bits per heavy atom. The predicted octanol–water partition coefficient (Wildman–Crippen LogP) is 1.45. The normalized spacial score (nSPS) is 9.75. The van der Waals surface area contributed by atoms with Gasteiger partial charge in [0.05, 0.1) is 12.2 Å². The molecule has 0 aliphatic heterocycles. The lowest BCUT2D eigenvalue weighted by Gasteiger charge is -2.08. The summed E-state index contributed by atoms with van der Waals surface area (Å²) in [5.41, 5.74) is 0.0813. The minimum Gasteiger partial charge on any atom is -0.507 e. The van der Waals surface area contributed by atoms with Crippen molar-refractivity contribution < 1.29 is 24.5 Å². The maximum absolute atomic E-state index is 10.7. The van der Waals surface area contributed by atoms with Gasteiger partial charge >= 0.3 is 5.97 Å². The first-order valence-electron chi connectivity index (χ1n) is 4.77. The maximum Gasteiger partial charge on any atom is 0.303 e. The second-order valence-corrected chi connectivity index (χ2v) is 3.15. The van der Waals surface area contributed by atoms with Gasteiger partial charge in [0.2, 0.25) is 0 Å². The van der Waals surface area contributed by atoms with E-state index in [0.717, 1.165) is 0 Å². The highest BCUT2D eigenvalue weighted by Crippen LogP contribution is 2.25. The van der Waals surface area contributed by atoms with Crippen LogP contribution in [0.2, 0.25) is 0 Å². The zero-order chi connectivity index (χ0) is 12.0. The molecular formula is C11H12O5. The van der Waals surface area contributed by atoms with Crippen LogP contribution in [0.5, 0.6) is 11.5 Å². The van der Waals surface area contributed by atoms with Crippen LogP contribution in [0.1, 0.15) is 23.2 Å². The molecule has 0 bridgehead atoms. The topological polar surface area (TPSA) is 83.8 Å². The van der Waals surface area contributed by atoms with Crippen LogP contribution in [0.15, 0.2) is 18.2 Å². The Labute approximate surface area is 92.3 Å². The number of aldehydes is 1.